The third-order valence-electron chi connectivity index (χ3n) is 4.78. The van der Waals surface area contributed by atoms with E-state index in [0.29, 0.717) is 11.6 Å². The average Bonchev–Trinajstić information content (AvgIpc) is 3.12. The highest BCUT2D eigenvalue weighted by Gasteiger charge is 2.07. The number of amides is 1. The topological polar surface area (TPSA) is 58.4 Å². The predicted octanol–water partition coefficient (Wildman–Crippen LogP) is 5.56. The summed E-state index contributed by atoms with van der Waals surface area (Å²) in [5, 5.41) is 9.59. The molecule has 156 valence electrons. The van der Waals surface area contributed by atoms with Gasteiger partial charge in [-0.15, -0.1) is 0 Å². The molecule has 1 amide bonds. The first-order valence-electron chi connectivity index (χ1n) is 9.72. The summed E-state index contributed by atoms with van der Waals surface area (Å²) in [5.41, 5.74) is 6.54. The van der Waals surface area contributed by atoms with E-state index in [4.69, 9.17) is 23.2 Å². The predicted molar refractivity (Wildman–Crippen MR) is 128 cm³/mol. The van der Waals surface area contributed by atoms with Gasteiger partial charge in [0.2, 0.25) is 0 Å². The number of carbonyl (C=O) groups excluding carboxylic acids is 1. The Kier molecular flexibility index (Phi) is 6.55. The van der Waals surface area contributed by atoms with E-state index in [0.717, 1.165) is 32.7 Å². The van der Waals surface area contributed by atoms with Crippen LogP contribution >= 0.6 is 23.2 Å². The number of fused-ring (bicyclic) bond motifs is 1. The van der Waals surface area contributed by atoms with E-state index in [9.17, 15) is 4.79 Å². The van der Waals surface area contributed by atoms with Crippen LogP contribution in [0.4, 0.5) is 5.69 Å². The molecular formula is C24H20Cl2N4O. The van der Waals surface area contributed by atoms with Crippen molar-refractivity contribution < 1.29 is 4.79 Å². The van der Waals surface area contributed by atoms with E-state index in [2.05, 4.69) is 26.5 Å². The van der Waals surface area contributed by atoms with Crippen LogP contribution in [0, 0.1) is 0 Å². The Morgan fingerprint density at radius 1 is 0.935 bits per heavy atom. The third-order valence-corrected chi connectivity index (χ3v) is 5.28. The molecule has 7 heteroatoms. The molecule has 0 saturated heterocycles. The summed E-state index contributed by atoms with van der Waals surface area (Å²) in [6, 6.07) is 23.1. The van der Waals surface area contributed by atoms with E-state index in [-0.39, 0.29) is 12.5 Å². The van der Waals surface area contributed by atoms with Crippen LogP contribution in [0.25, 0.3) is 10.9 Å². The zero-order valence-corrected chi connectivity index (χ0v) is 18.1. The number of benzene rings is 3. The Morgan fingerprint density at radius 2 is 1.61 bits per heavy atom. The van der Waals surface area contributed by atoms with Gasteiger partial charge in [-0.2, -0.15) is 5.10 Å². The van der Waals surface area contributed by atoms with Crippen molar-refractivity contribution in [2.45, 2.75) is 6.54 Å². The number of hydrazone groups is 1. The largest absolute Gasteiger partial charge is 0.376 e. The molecule has 0 aliphatic heterocycles. The lowest BCUT2D eigenvalue weighted by Crippen LogP contribution is -2.25. The number of halogens is 2. The highest BCUT2D eigenvalue weighted by atomic mass is 35.5. The number of aromatic nitrogens is 1. The molecule has 1 aromatic heterocycles. The van der Waals surface area contributed by atoms with Gasteiger partial charge in [-0.25, -0.2) is 5.43 Å². The van der Waals surface area contributed by atoms with E-state index in [1.54, 1.807) is 18.3 Å². The number of hydrogen-bond acceptors (Lipinski definition) is 3. The highest BCUT2D eigenvalue weighted by Crippen LogP contribution is 2.22. The van der Waals surface area contributed by atoms with Crippen LogP contribution in [0.5, 0.6) is 0 Å². The fourth-order valence-corrected chi connectivity index (χ4v) is 3.51. The van der Waals surface area contributed by atoms with Gasteiger partial charge >= 0.3 is 0 Å². The number of carbonyl (C=O) groups is 1. The summed E-state index contributed by atoms with van der Waals surface area (Å²) in [7, 11) is 0. The SMILES string of the molecule is O=C(CNc1ccc(Cl)cc1)N/N=C\c1cn(Cc2ccc(Cl)cc2)c2ccccc12. The second kappa shape index (κ2) is 9.69. The van der Waals surface area contributed by atoms with Crippen LogP contribution < -0.4 is 10.7 Å². The summed E-state index contributed by atoms with van der Waals surface area (Å²) in [4.78, 5) is 12.1. The number of nitrogens with one attached hydrogen (secondary N) is 2. The number of hydrogen-bond donors (Lipinski definition) is 2. The average molecular weight is 451 g/mol. The van der Waals surface area contributed by atoms with Gasteiger partial charge in [-0.3, -0.25) is 4.79 Å². The van der Waals surface area contributed by atoms with Crippen LogP contribution in [-0.2, 0) is 11.3 Å². The van der Waals surface area contributed by atoms with Gasteiger partial charge in [-0.1, -0.05) is 53.5 Å². The molecular weight excluding hydrogens is 431 g/mol. The molecule has 0 fully saturated rings. The van der Waals surface area contributed by atoms with Crippen molar-refractivity contribution in [3.8, 4) is 0 Å². The van der Waals surface area contributed by atoms with Crippen molar-refractivity contribution in [1.82, 2.24) is 9.99 Å². The quantitative estimate of drug-likeness (QED) is 0.286. The van der Waals surface area contributed by atoms with Gasteiger partial charge in [0.1, 0.15) is 0 Å². The lowest BCUT2D eigenvalue weighted by molar-refractivity contribution is -0.119. The first-order chi connectivity index (χ1) is 15.1. The minimum Gasteiger partial charge on any atom is -0.376 e. The smallest absolute Gasteiger partial charge is 0.259 e. The van der Waals surface area contributed by atoms with Crippen LogP contribution in [0.3, 0.4) is 0 Å². The zero-order chi connectivity index (χ0) is 21.6. The fourth-order valence-electron chi connectivity index (χ4n) is 3.26. The maximum atomic E-state index is 12.1. The van der Waals surface area contributed by atoms with Gasteiger partial charge in [-0.05, 0) is 48.0 Å². The van der Waals surface area contributed by atoms with Crippen molar-refractivity contribution in [3.05, 3.63) is 100 Å². The molecule has 4 rings (SSSR count). The van der Waals surface area contributed by atoms with Crippen molar-refractivity contribution in [2.75, 3.05) is 11.9 Å². The number of anilines is 1. The van der Waals surface area contributed by atoms with E-state index < -0.39 is 0 Å². The molecule has 0 radical (unpaired) electrons. The van der Waals surface area contributed by atoms with Crippen LogP contribution in [0.2, 0.25) is 10.0 Å². The molecule has 0 saturated carbocycles. The van der Waals surface area contributed by atoms with Gasteiger partial charge < -0.3 is 9.88 Å². The van der Waals surface area contributed by atoms with Crippen LogP contribution in [0.15, 0.2) is 84.1 Å². The van der Waals surface area contributed by atoms with Gasteiger partial charge in [0, 0.05) is 44.9 Å². The second-order valence-electron chi connectivity index (χ2n) is 7.01. The second-order valence-corrected chi connectivity index (χ2v) is 7.88. The standard InChI is InChI=1S/C24H20Cl2N4O/c25-19-7-5-17(6-8-19)15-30-16-18(22-3-1-2-4-23(22)30)13-28-29-24(31)14-27-21-11-9-20(26)10-12-21/h1-13,16,27H,14-15H2,(H,29,31)/b28-13-. The van der Waals surface area contributed by atoms with Crippen molar-refractivity contribution >= 4 is 51.9 Å². The van der Waals surface area contributed by atoms with Gasteiger partial charge in [0.15, 0.2) is 0 Å². The van der Waals surface area contributed by atoms with Crippen molar-refractivity contribution in [1.29, 1.82) is 0 Å². The summed E-state index contributed by atoms with van der Waals surface area (Å²) < 4.78 is 2.16. The lowest BCUT2D eigenvalue weighted by atomic mass is 10.2. The number of para-hydroxylation sites is 1. The summed E-state index contributed by atoms with van der Waals surface area (Å²) >= 11 is 11.9. The minimum absolute atomic E-state index is 0.108. The Morgan fingerprint density at radius 3 is 2.35 bits per heavy atom. The molecule has 0 spiro atoms. The maximum Gasteiger partial charge on any atom is 0.259 e. The molecule has 31 heavy (non-hydrogen) atoms. The van der Waals surface area contributed by atoms with Gasteiger partial charge in [0.25, 0.3) is 5.91 Å². The van der Waals surface area contributed by atoms with E-state index in [1.807, 2.05) is 60.8 Å². The first kappa shape index (κ1) is 21.0. The van der Waals surface area contributed by atoms with Gasteiger partial charge in [0.05, 0.1) is 12.8 Å². The third kappa shape index (κ3) is 5.45. The number of nitrogens with zero attached hydrogens (tertiary/aromatic N) is 2. The Balaban J connectivity index is 1.42. The molecule has 5 nitrogen and oxygen atoms in total. The zero-order valence-electron chi connectivity index (χ0n) is 16.6. The summed E-state index contributed by atoms with van der Waals surface area (Å²) in [5.74, 6) is -0.240. The van der Waals surface area contributed by atoms with Crippen LogP contribution in [0.1, 0.15) is 11.1 Å². The monoisotopic (exact) mass is 450 g/mol. The van der Waals surface area contributed by atoms with Crippen LogP contribution in [-0.4, -0.2) is 23.2 Å². The summed E-state index contributed by atoms with van der Waals surface area (Å²) in [6.45, 7) is 0.820. The molecule has 0 bridgehead atoms. The molecule has 0 aliphatic carbocycles. The Hall–Kier alpha value is -3.28. The molecule has 0 unspecified atom stereocenters. The fraction of sp³-hybridized carbons (Fsp3) is 0.0833. The van der Waals surface area contributed by atoms with E-state index >= 15 is 0 Å². The normalized spacial score (nSPS) is 11.2. The van der Waals surface area contributed by atoms with E-state index in [1.165, 1.54) is 0 Å². The molecule has 0 atom stereocenters. The molecule has 4 aromatic rings. The Labute approximate surface area is 190 Å². The Bertz CT molecular complexity index is 1210. The lowest BCUT2D eigenvalue weighted by Gasteiger charge is -2.05. The highest BCUT2D eigenvalue weighted by molar-refractivity contribution is 6.30. The first-order valence-corrected chi connectivity index (χ1v) is 10.5. The molecule has 1 heterocycles. The van der Waals surface area contributed by atoms with Crippen molar-refractivity contribution in [3.63, 3.8) is 0 Å². The molecule has 0 aliphatic rings. The summed E-state index contributed by atoms with van der Waals surface area (Å²) in [6.07, 6.45) is 3.70. The maximum absolute atomic E-state index is 12.1. The minimum atomic E-state index is -0.240. The molecule has 3 aromatic carbocycles. The number of rotatable bonds is 7. The molecule has 2 N–H and O–H groups in total. The van der Waals surface area contributed by atoms with Crippen molar-refractivity contribution in [2.24, 2.45) is 5.10 Å².